The molecule has 0 fully saturated rings. The molecule has 0 bridgehead atoms. The van der Waals surface area contributed by atoms with Crippen LogP contribution >= 0.6 is 11.6 Å². The fourth-order valence-corrected chi connectivity index (χ4v) is 1.74. The van der Waals surface area contributed by atoms with Gasteiger partial charge in [-0.2, -0.15) is 5.10 Å². The zero-order valence-corrected chi connectivity index (χ0v) is 11.2. The molecule has 0 saturated carbocycles. The molecule has 0 aromatic heterocycles. The molecule has 1 unspecified atom stereocenters. The molecular formula is C13H12ClFN4O. The minimum Gasteiger partial charge on any atom is -0.327 e. The maximum atomic E-state index is 12.7. The third-order valence-corrected chi connectivity index (χ3v) is 2.73. The number of carbonyl (C=O) groups excluding carboxylic acids is 1. The lowest BCUT2D eigenvalue weighted by Gasteiger charge is -2.03. The molecule has 1 aromatic carbocycles. The fourth-order valence-electron chi connectivity index (χ4n) is 1.60. The van der Waals surface area contributed by atoms with Gasteiger partial charge in [-0.3, -0.25) is 4.79 Å². The summed E-state index contributed by atoms with van der Waals surface area (Å²) in [4.78, 5) is 15.0. The van der Waals surface area contributed by atoms with E-state index < -0.39 is 5.24 Å². The van der Waals surface area contributed by atoms with Crippen molar-refractivity contribution in [3.63, 3.8) is 0 Å². The highest BCUT2D eigenvalue weighted by atomic mass is 35.5. The van der Waals surface area contributed by atoms with Crippen LogP contribution in [0.4, 0.5) is 4.39 Å². The Bertz CT molecular complexity index is 583. The summed E-state index contributed by atoms with van der Waals surface area (Å²) in [6.07, 6.45) is 1.60. The molecule has 104 valence electrons. The molecule has 2 rings (SSSR count). The van der Waals surface area contributed by atoms with Gasteiger partial charge in [-0.1, -0.05) is 18.7 Å². The largest absolute Gasteiger partial charge is 0.327 e. The first kappa shape index (κ1) is 14.2. The highest BCUT2D eigenvalue weighted by Crippen LogP contribution is 2.13. The topological polar surface area (TPSA) is 65.8 Å². The molecular weight excluding hydrogens is 283 g/mol. The van der Waals surface area contributed by atoms with E-state index in [1.54, 1.807) is 12.1 Å². The number of halogens is 2. The van der Waals surface area contributed by atoms with Gasteiger partial charge in [0.15, 0.2) is 0 Å². The maximum Gasteiger partial charge on any atom is 0.224 e. The third kappa shape index (κ3) is 3.89. The van der Waals surface area contributed by atoms with Crippen LogP contribution in [0.2, 0.25) is 0 Å². The number of nitrogens with zero attached hydrogens (tertiary/aromatic N) is 2. The van der Waals surface area contributed by atoms with Crippen molar-refractivity contribution in [1.82, 2.24) is 10.7 Å². The van der Waals surface area contributed by atoms with Gasteiger partial charge in [0.1, 0.15) is 11.9 Å². The van der Waals surface area contributed by atoms with E-state index in [4.69, 9.17) is 11.6 Å². The second-order valence-corrected chi connectivity index (χ2v) is 4.55. The average Bonchev–Trinajstić information content (AvgIpc) is 2.72. The van der Waals surface area contributed by atoms with Crippen LogP contribution in [0.25, 0.3) is 0 Å². The standard InChI is InChI=1S/C13H12ClFN4O/c1-8-11(6-12(14)20)18-13(17-8)19-16-7-9-2-4-10(15)5-3-9/h2-5,7,11H,1,6H2,(H2,17,18,19)/b16-7+. The van der Waals surface area contributed by atoms with Gasteiger partial charge < -0.3 is 5.32 Å². The van der Waals surface area contributed by atoms with Crippen molar-refractivity contribution in [1.29, 1.82) is 0 Å². The van der Waals surface area contributed by atoms with Gasteiger partial charge in [-0.05, 0) is 29.3 Å². The molecule has 20 heavy (non-hydrogen) atoms. The van der Waals surface area contributed by atoms with Gasteiger partial charge in [0, 0.05) is 12.1 Å². The second kappa shape index (κ2) is 6.29. The number of carbonyl (C=O) groups is 1. The summed E-state index contributed by atoms with van der Waals surface area (Å²) in [5, 5.41) is 6.34. The molecule has 0 radical (unpaired) electrons. The molecule has 1 heterocycles. The number of rotatable bonds is 4. The lowest BCUT2D eigenvalue weighted by atomic mass is 10.2. The molecule has 0 aliphatic carbocycles. The van der Waals surface area contributed by atoms with E-state index in [1.807, 2.05) is 0 Å². The van der Waals surface area contributed by atoms with Crippen LogP contribution in [-0.2, 0) is 4.79 Å². The Morgan fingerprint density at radius 3 is 2.90 bits per heavy atom. The lowest BCUT2D eigenvalue weighted by Crippen LogP contribution is -2.29. The molecule has 2 N–H and O–H groups in total. The van der Waals surface area contributed by atoms with E-state index in [1.165, 1.54) is 18.3 Å². The molecule has 1 atom stereocenters. The van der Waals surface area contributed by atoms with Crippen molar-refractivity contribution in [2.24, 2.45) is 10.1 Å². The van der Waals surface area contributed by atoms with Crippen molar-refractivity contribution in [2.45, 2.75) is 12.5 Å². The minimum absolute atomic E-state index is 0.0836. The molecule has 1 aliphatic heterocycles. The van der Waals surface area contributed by atoms with E-state index in [0.717, 1.165) is 5.56 Å². The summed E-state index contributed by atoms with van der Waals surface area (Å²) in [6, 6.07) is 5.49. The van der Waals surface area contributed by atoms with Crippen molar-refractivity contribution < 1.29 is 9.18 Å². The summed E-state index contributed by atoms with van der Waals surface area (Å²) in [7, 11) is 0. The molecule has 1 aliphatic rings. The average molecular weight is 295 g/mol. The van der Waals surface area contributed by atoms with E-state index in [-0.39, 0.29) is 18.3 Å². The van der Waals surface area contributed by atoms with Gasteiger partial charge in [0.05, 0.1) is 6.21 Å². The van der Waals surface area contributed by atoms with Crippen molar-refractivity contribution in [3.05, 3.63) is 47.9 Å². The maximum absolute atomic E-state index is 12.7. The Hall–Kier alpha value is -2.21. The van der Waals surface area contributed by atoms with Gasteiger partial charge in [0.2, 0.25) is 11.2 Å². The van der Waals surface area contributed by atoms with Gasteiger partial charge in [-0.15, -0.1) is 0 Å². The van der Waals surface area contributed by atoms with Crippen LogP contribution in [0, 0.1) is 5.82 Å². The van der Waals surface area contributed by atoms with Crippen LogP contribution in [-0.4, -0.2) is 23.5 Å². The Morgan fingerprint density at radius 1 is 1.55 bits per heavy atom. The summed E-state index contributed by atoms with van der Waals surface area (Å²) in [6.45, 7) is 3.74. The van der Waals surface area contributed by atoms with Crippen molar-refractivity contribution in [2.75, 3.05) is 0 Å². The summed E-state index contributed by atoms with van der Waals surface area (Å²) in [5.74, 6) is 0.0816. The first-order chi connectivity index (χ1) is 9.54. The number of guanidine groups is 1. The van der Waals surface area contributed by atoms with E-state index >= 15 is 0 Å². The molecule has 0 saturated heterocycles. The highest BCUT2D eigenvalue weighted by Gasteiger charge is 2.22. The second-order valence-electron chi connectivity index (χ2n) is 4.12. The van der Waals surface area contributed by atoms with Gasteiger partial charge >= 0.3 is 0 Å². The quantitative estimate of drug-likeness (QED) is 0.505. The molecule has 1 aromatic rings. The summed E-state index contributed by atoms with van der Waals surface area (Å²) < 4.78 is 12.7. The number of benzene rings is 1. The Kier molecular flexibility index (Phi) is 4.47. The zero-order chi connectivity index (χ0) is 14.5. The van der Waals surface area contributed by atoms with Crippen LogP contribution in [0.5, 0.6) is 0 Å². The fraction of sp³-hybridized carbons (Fsp3) is 0.154. The summed E-state index contributed by atoms with van der Waals surface area (Å²) in [5.41, 5.74) is 4.00. The minimum atomic E-state index is -0.474. The van der Waals surface area contributed by atoms with Crippen LogP contribution in [0.3, 0.4) is 0 Å². The number of hydrazone groups is 1. The molecule has 0 amide bonds. The van der Waals surface area contributed by atoms with Crippen LogP contribution in [0.15, 0.2) is 46.6 Å². The van der Waals surface area contributed by atoms with E-state index in [2.05, 4.69) is 27.4 Å². The number of hydrogen-bond acceptors (Lipinski definition) is 5. The Morgan fingerprint density at radius 2 is 2.25 bits per heavy atom. The van der Waals surface area contributed by atoms with Gasteiger partial charge in [-0.25, -0.2) is 14.8 Å². The van der Waals surface area contributed by atoms with Crippen molar-refractivity contribution in [3.8, 4) is 0 Å². The molecule has 7 heteroatoms. The zero-order valence-electron chi connectivity index (χ0n) is 10.4. The third-order valence-electron chi connectivity index (χ3n) is 2.57. The van der Waals surface area contributed by atoms with Gasteiger partial charge in [0.25, 0.3) is 0 Å². The SMILES string of the molecule is C=C1NC(N/N=C/c2ccc(F)cc2)=NC1CC(=O)Cl. The normalized spacial score (nSPS) is 18.0. The van der Waals surface area contributed by atoms with E-state index in [9.17, 15) is 9.18 Å². The smallest absolute Gasteiger partial charge is 0.224 e. The van der Waals surface area contributed by atoms with Crippen LogP contribution in [0.1, 0.15) is 12.0 Å². The highest BCUT2D eigenvalue weighted by molar-refractivity contribution is 6.63. The number of nitrogens with one attached hydrogen (secondary N) is 2. The molecule has 5 nitrogen and oxygen atoms in total. The van der Waals surface area contributed by atoms with Crippen LogP contribution < -0.4 is 10.7 Å². The first-order valence-electron chi connectivity index (χ1n) is 5.81. The number of aliphatic imine (C=N–C) groups is 1. The predicted molar refractivity (Wildman–Crippen MR) is 76.1 cm³/mol. The monoisotopic (exact) mass is 294 g/mol. The summed E-state index contributed by atoms with van der Waals surface area (Å²) >= 11 is 5.31. The predicted octanol–water partition coefficient (Wildman–Crippen LogP) is 1.75. The lowest BCUT2D eigenvalue weighted by molar-refractivity contribution is -0.111. The Labute approximate surface area is 120 Å². The molecule has 0 spiro atoms. The van der Waals surface area contributed by atoms with Crippen molar-refractivity contribution >= 4 is 29.0 Å². The Balaban J connectivity index is 1.92. The number of hydrogen-bond donors (Lipinski definition) is 2. The first-order valence-corrected chi connectivity index (χ1v) is 6.19. The van der Waals surface area contributed by atoms with E-state index in [0.29, 0.717) is 11.7 Å².